The molecule has 124 valence electrons. The zero-order valence-corrected chi connectivity index (χ0v) is 13.9. The van der Waals surface area contributed by atoms with Gasteiger partial charge in [0.25, 0.3) is 0 Å². The minimum atomic E-state index is -0.390. The first-order chi connectivity index (χ1) is 11.5. The van der Waals surface area contributed by atoms with Gasteiger partial charge in [-0.3, -0.25) is 4.79 Å². The highest BCUT2D eigenvalue weighted by atomic mass is 16.5. The summed E-state index contributed by atoms with van der Waals surface area (Å²) in [7, 11) is 0. The first-order valence-electron chi connectivity index (χ1n) is 7.60. The Labute approximate surface area is 140 Å². The molecule has 1 aromatic carbocycles. The standard InChI is InChI=1S/C18H19N3O3/c1-4-24-18(23)16-8-12(2)21(13(16)3)11-17(22)20-15-7-5-6-14(9-15)10-19/h5-9H,4,11H2,1-3H3,(H,20,22). The molecule has 0 spiro atoms. The van der Waals surface area contributed by atoms with Crippen LogP contribution >= 0.6 is 0 Å². The molecule has 6 heteroatoms. The second-order valence-corrected chi connectivity index (χ2v) is 5.33. The maximum atomic E-state index is 12.3. The van der Waals surface area contributed by atoms with Crippen LogP contribution in [-0.4, -0.2) is 23.1 Å². The number of carbonyl (C=O) groups excluding carboxylic acids is 2. The van der Waals surface area contributed by atoms with Gasteiger partial charge in [-0.1, -0.05) is 6.07 Å². The van der Waals surface area contributed by atoms with E-state index >= 15 is 0 Å². The van der Waals surface area contributed by atoms with Crippen molar-refractivity contribution in [1.82, 2.24) is 4.57 Å². The van der Waals surface area contributed by atoms with Gasteiger partial charge < -0.3 is 14.6 Å². The first kappa shape index (κ1) is 17.3. The van der Waals surface area contributed by atoms with Gasteiger partial charge in [0.2, 0.25) is 5.91 Å². The van der Waals surface area contributed by atoms with E-state index in [9.17, 15) is 9.59 Å². The van der Waals surface area contributed by atoms with Gasteiger partial charge in [0, 0.05) is 17.1 Å². The number of aromatic nitrogens is 1. The molecule has 0 aliphatic heterocycles. The number of ether oxygens (including phenoxy) is 1. The lowest BCUT2D eigenvalue weighted by Gasteiger charge is -2.10. The average Bonchev–Trinajstić information content (AvgIpc) is 2.83. The van der Waals surface area contributed by atoms with Gasteiger partial charge in [-0.2, -0.15) is 5.26 Å². The van der Waals surface area contributed by atoms with E-state index in [4.69, 9.17) is 10.00 Å². The lowest BCUT2D eigenvalue weighted by atomic mass is 10.2. The van der Waals surface area contributed by atoms with Crippen LogP contribution < -0.4 is 5.32 Å². The molecule has 0 fully saturated rings. The summed E-state index contributed by atoms with van der Waals surface area (Å²) >= 11 is 0. The highest BCUT2D eigenvalue weighted by molar-refractivity contribution is 5.93. The predicted molar refractivity (Wildman–Crippen MR) is 89.6 cm³/mol. The van der Waals surface area contributed by atoms with Gasteiger partial charge in [0.1, 0.15) is 6.54 Å². The number of esters is 1. The Balaban J connectivity index is 2.14. The summed E-state index contributed by atoms with van der Waals surface area (Å²) in [4.78, 5) is 24.2. The molecule has 2 rings (SSSR count). The van der Waals surface area contributed by atoms with Crippen molar-refractivity contribution >= 4 is 17.6 Å². The molecular formula is C18H19N3O3. The average molecular weight is 325 g/mol. The lowest BCUT2D eigenvalue weighted by Crippen LogP contribution is -2.20. The van der Waals surface area contributed by atoms with Crippen LogP contribution in [0.2, 0.25) is 0 Å². The van der Waals surface area contributed by atoms with Crippen molar-refractivity contribution in [3.8, 4) is 6.07 Å². The number of carbonyl (C=O) groups is 2. The fourth-order valence-electron chi connectivity index (χ4n) is 2.47. The Kier molecular flexibility index (Phi) is 5.38. The Morgan fingerprint density at radius 3 is 2.71 bits per heavy atom. The van der Waals surface area contributed by atoms with E-state index in [1.165, 1.54) is 0 Å². The number of amides is 1. The van der Waals surface area contributed by atoms with Crippen molar-refractivity contribution in [2.24, 2.45) is 0 Å². The quantitative estimate of drug-likeness (QED) is 0.857. The van der Waals surface area contributed by atoms with Crippen molar-refractivity contribution in [1.29, 1.82) is 5.26 Å². The number of nitrogens with one attached hydrogen (secondary N) is 1. The van der Waals surface area contributed by atoms with E-state index in [-0.39, 0.29) is 18.4 Å². The molecule has 2 aromatic rings. The molecular weight excluding hydrogens is 306 g/mol. The molecule has 1 amide bonds. The van der Waals surface area contributed by atoms with Crippen LogP contribution in [0.4, 0.5) is 5.69 Å². The number of hydrogen-bond donors (Lipinski definition) is 1. The summed E-state index contributed by atoms with van der Waals surface area (Å²) in [6.07, 6.45) is 0. The van der Waals surface area contributed by atoms with E-state index in [2.05, 4.69) is 5.32 Å². The molecule has 0 aliphatic carbocycles. The molecule has 6 nitrogen and oxygen atoms in total. The monoisotopic (exact) mass is 325 g/mol. The van der Waals surface area contributed by atoms with E-state index in [0.717, 1.165) is 5.69 Å². The fraction of sp³-hybridized carbons (Fsp3) is 0.278. The van der Waals surface area contributed by atoms with E-state index in [0.29, 0.717) is 29.1 Å². The van der Waals surface area contributed by atoms with E-state index in [1.54, 1.807) is 48.7 Å². The molecule has 24 heavy (non-hydrogen) atoms. The molecule has 1 heterocycles. The highest BCUT2D eigenvalue weighted by Crippen LogP contribution is 2.17. The van der Waals surface area contributed by atoms with Gasteiger partial charge in [-0.15, -0.1) is 0 Å². The summed E-state index contributed by atoms with van der Waals surface area (Å²) in [6.45, 7) is 5.74. The third-order valence-corrected chi connectivity index (χ3v) is 3.65. The summed E-state index contributed by atoms with van der Waals surface area (Å²) in [5.74, 6) is -0.624. The van der Waals surface area contributed by atoms with Crippen molar-refractivity contribution < 1.29 is 14.3 Å². The molecule has 0 unspecified atom stereocenters. The number of nitriles is 1. The number of nitrogens with zero attached hydrogens (tertiary/aromatic N) is 2. The van der Waals surface area contributed by atoms with Gasteiger partial charge in [0.15, 0.2) is 0 Å². The SMILES string of the molecule is CCOC(=O)c1cc(C)n(CC(=O)Nc2cccc(C#N)c2)c1C. The number of aryl methyl sites for hydroxylation is 1. The minimum Gasteiger partial charge on any atom is -0.462 e. The van der Waals surface area contributed by atoms with Crippen LogP contribution in [0.5, 0.6) is 0 Å². The molecule has 0 atom stereocenters. The number of hydrogen-bond acceptors (Lipinski definition) is 4. The van der Waals surface area contributed by atoms with Crippen LogP contribution in [0.3, 0.4) is 0 Å². The molecule has 1 aromatic heterocycles. The van der Waals surface area contributed by atoms with Crippen molar-refractivity contribution in [2.75, 3.05) is 11.9 Å². The van der Waals surface area contributed by atoms with E-state index < -0.39 is 0 Å². The zero-order valence-electron chi connectivity index (χ0n) is 13.9. The third kappa shape index (κ3) is 3.82. The normalized spacial score (nSPS) is 10.1. The van der Waals surface area contributed by atoms with Crippen LogP contribution in [0.1, 0.15) is 34.2 Å². The van der Waals surface area contributed by atoms with Crippen LogP contribution in [0.25, 0.3) is 0 Å². The number of rotatable bonds is 5. The maximum Gasteiger partial charge on any atom is 0.339 e. The molecule has 0 aliphatic rings. The number of anilines is 1. The van der Waals surface area contributed by atoms with E-state index in [1.807, 2.05) is 13.0 Å². The zero-order chi connectivity index (χ0) is 17.7. The van der Waals surface area contributed by atoms with Gasteiger partial charge in [-0.25, -0.2) is 4.79 Å². The predicted octanol–water partition coefficient (Wildman–Crippen LogP) is 2.79. The largest absolute Gasteiger partial charge is 0.462 e. The van der Waals surface area contributed by atoms with Gasteiger partial charge in [-0.05, 0) is 45.0 Å². The molecule has 0 saturated carbocycles. The van der Waals surface area contributed by atoms with Crippen molar-refractivity contribution in [3.63, 3.8) is 0 Å². The Bertz CT molecular complexity index is 815. The summed E-state index contributed by atoms with van der Waals surface area (Å²) in [5, 5.41) is 11.6. The lowest BCUT2D eigenvalue weighted by molar-refractivity contribution is -0.116. The van der Waals surface area contributed by atoms with Crippen molar-refractivity contribution in [2.45, 2.75) is 27.3 Å². The Morgan fingerprint density at radius 2 is 2.04 bits per heavy atom. The smallest absolute Gasteiger partial charge is 0.339 e. The fourth-order valence-corrected chi connectivity index (χ4v) is 2.47. The molecule has 1 N–H and O–H groups in total. The second kappa shape index (κ2) is 7.47. The minimum absolute atomic E-state index is 0.0772. The molecule has 0 saturated heterocycles. The summed E-state index contributed by atoms with van der Waals surface area (Å²) in [5.41, 5.74) is 3.00. The topological polar surface area (TPSA) is 84.1 Å². The van der Waals surface area contributed by atoms with Gasteiger partial charge >= 0.3 is 5.97 Å². The Morgan fingerprint density at radius 1 is 1.29 bits per heavy atom. The summed E-state index contributed by atoms with van der Waals surface area (Å²) in [6, 6.07) is 10.5. The summed E-state index contributed by atoms with van der Waals surface area (Å²) < 4.78 is 6.78. The molecule has 0 bridgehead atoms. The first-order valence-corrected chi connectivity index (χ1v) is 7.60. The maximum absolute atomic E-state index is 12.3. The molecule has 0 radical (unpaired) electrons. The second-order valence-electron chi connectivity index (χ2n) is 5.33. The Hall–Kier alpha value is -3.07. The van der Waals surface area contributed by atoms with Gasteiger partial charge in [0.05, 0.1) is 23.8 Å². The van der Waals surface area contributed by atoms with Crippen LogP contribution in [0.15, 0.2) is 30.3 Å². The third-order valence-electron chi connectivity index (χ3n) is 3.65. The van der Waals surface area contributed by atoms with Crippen LogP contribution in [0, 0.1) is 25.2 Å². The van der Waals surface area contributed by atoms with Crippen molar-refractivity contribution in [3.05, 3.63) is 52.8 Å². The van der Waals surface area contributed by atoms with Crippen LogP contribution in [-0.2, 0) is 16.1 Å². The highest BCUT2D eigenvalue weighted by Gasteiger charge is 2.18. The number of benzene rings is 1.